The van der Waals surface area contributed by atoms with E-state index < -0.39 is 29.6 Å². The minimum atomic E-state index is -0.855. The summed E-state index contributed by atoms with van der Waals surface area (Å²) in [5.41, 5.74) is 0.710. The summed E-state index contributed by atoms with van der Waals surface area (Å²) >= 11 is 0. The van der Waals surface area contributed by atoms with Crippen LogP contribution in [-0.4, -0.2) is 41.3 Å². The Labute approximate surface area is 105 Å². The molecule has 0 saturated carbocycles. The maximum atomic E-state index is 11.4. The summed E-state index contributed by atoms with van der Waals surface area (Å²) in [6, 6.07) is -0.855. The normalized spacial score (nSPS) is 12.3. The van der Waals surface area contributed by atoms with Gasteiger partial charge in [-0.2, -0.15) is 0 Å². The molecule has 0 aromatic carbocycles. The topological polar surface area (TPSA) is 117 Å². The van der Waals surface area contributed by atoms with E-state index in [1.54, 1.807) is 20.8 Å². The van der Waals surface area contributed by atoms with Gasteiger partial charge in [0.1, 0.15) is 11.6 Å². The Kier molecular flexibility index (Phi) is 6.11. The van der Waals surface area contributed by atoms with Crippen molar-refractivity contribution in [3.63, 3.8) is 0 Å². The van der Waals surface area contributed by atoms with Crippen molar-refractivity contribution in [3.05, 3.63) is 0 Å². The molecule has 0 aliphatic heterocycles. The first kappa shape index (κ1) is 16.2. The summed E-state index contributed by atoms with van der Waals surface area (Å²) in [6.45, 7) is 6.15. The first-order valence-corrected chi connectivity index (χ1v) is 5.36. The maximum absolute atomic E-state index is 11.4. The Morgan fingerprint density at radius 3 is 2.28 bits per heavy atom. The molecule has 0 rings (SSSR count). The smallest absolute Gasteiger partial charge is 0.408 e. The van der Waals surface area contributed by atoms with E-state index in [4.69, 9.17) is 9.94 Å². The second-order valence-electron chi connectivity index (χ2n) is 4.62. The molecule has 4 N–H and O–H groups in total. The van der Waals surface area contributed by atoms with E-state index in [0.29, 0.717) is 0 Å². The molecule has 0 unspecified atom stereocenters. The van der Waals surface area contributed by atoms with Crippen LogP contribution in [0.5, 0.6) is 0 Å². The number of hydrogen-bond donors (Lipinski definition) is 4. The van der Waals surface area contributed by atoms with Crippen molar-refractivity contribution in [2.45, 2.75) is 39.3 Å². The molecule has 8 heteroatoms. The lowest BCUT2D eigenvalue weighted by molar-refractivity contribution is -0.131. The fourth-order valence-electron chi connectivity index (χ4n) is 0.910. The van der Waals surface area contributed by atoms with Crippen LogP contribution >= 0.6 is 0 Å². The summed E-state index contributed by atoms with van der Waals surface area (Å²) in [7, 11) is 0. The molecule has 0 spiro atoms. The first-order valence-electron chi connectivity index (χ1n) is 5.36. The largest absolute Gasteiger partial charge is 0.444 e. The van der Waals surface area contributed by atoms with Gasteiger partial charge in [0.25, 0.3) is 5.91 Å². The van der Waals surface area contributed by atoms with E-state index in [2.05, 4.69) is 10.6 Å². The summed E-state index contributed by atoms with van der Waals surface area (Å²) in [5.74, 6) is -1.32. The fourth-order valence-corrected chi connectivity index (χ4v) is 0.910. The molecule has 0 aliphatic carbocycles. The zero-order valence-electron chi connectivity index (χ0n) is 10.9. The number of hydrogen-bond acceptors (Lipinski definition) is 5. The highest BCUT2D eigenvalue weighted by Crippen LogP contribution is 2.06. The number of alkyl carbamates (subject to hydrolysis) is 1. The van der Waals surface area contributed by atoms with Gasteiger partial charge in [0.05, 0.1) is 6.54 Å². The van der Waals surface area contributed by atoms with Crippen LogP contribution in [0, 0.1) is 0 Å². The van der Waals surface area contributed by atoms with E-state index in [0.717, 1.165) is 0 Å². The number of hydroxylamine groups is 1. The van der Waals surface area contributed by atoms with E-state index >= 15 is 0 Å². The van der Waals surface area contributed by atoms with Crippen molar-refractivity contribution in [3.8, 4) is 0 Å². The van der Waals surface area contributed by atoms with Gasteiger partial charge >= 0.3 is 6.09 Å². The third-order valence-corrected chi connectivity index (χ3v) is 1.67. The van der Waals surface area contributed by atoms with Crippen LogP contribution in [-0.2, 0) is 14.3 Å². The van der Waals surface area contributed by atoms with Crippen molar-refractivity contribution in [2.24, 2.45) is 0 Å². The molecule has 0 aromatic rings. The second kappa shape index (κ2) is 6.80. The van der Waals surface area contributed by atoms with E-state index in [-0.39, 0.29) is 6.54 Å². The van der Waals surface area contributed by atoms with Crippen molar-refractivity contribution >= 4 is 17.9 Å². The summed E-state index contributed by atoms with van der Waals surface area (Å²) in [6.07, 6.45) is -0.725. The second-order valence-corrected chi connectivity index (χ2v) is 4.62. The first-order chi connectivity index (χ1) is 8.15. The molecule has 0 radical (unpaired) electrons. The molecular weight excluding hydrogens is 242 g/mol. The van der Waals surface area contributed by atoms with E-state index in [1.165, 1.54) is 12.4 Å². The predicted molar refractivity (Wildman–Crippen MR) is 61.8 cm³/mol. The van der Waals surface area contributed by atoms with Gasteiger partial charge < -0.3 is 15.4 Å². The summed E-state index contributed by atoms with van der Waals surface area (Å²) in [4.78, 5) is 33.4. The molecule has 3 amide bonds. The minimum absolute atomic E-state index is 0.379. The van der Waals surface area contributed by atoms with Gasteiger partial charge in [-0.1, -0.05) is 0 Å². The average Bonchev–Trinajstić information content (AvgIpc) is 2.22. The third-order valence-electron chi connectivity index (χ3n) is 1.67. The van der Waals surface area contributed by atoms with Crippen molar-refractivity contribution in [2.75, 3.05) is 6.54 Å². The highest BCUT2D eigenvalue weighted by Gasteiger charge is 2.21. The number of amides is 3. The fraction of sp³-hybridized carbons (Fsp3) is 0.700. The van der Waals surface area contributed by atoms with Crippen LogP contribution in [0.3, 0.4) is 0 Å². The molecule has 8 nitrogen and oxygen atoms in total. The molecule has 104 valence electrons. The summed E-state index contributed by atoms with van der Waals surface area (Å²) < 4.78 is 4.96. The van der Waals surface area contributed by atoms with Crippen LogP contribution in [0.25, 0.3) is 0 Å². The highest BCUT2D eigenvalue weighted by molar-refractivity contribution is 5.88. The molecule has 0 heterocycles. The summed E-state index contributed by atoms with van der Waals surface area (Å²) in [5, 5.41) is 12.7. The third kappa shape index (κ3) is 7.44. The van der Waals surface area contributed by atoms with Gasteiger partial charge in [0.15, 0.2) is 0 Å². The lowest BCUT2D eigenvalue weighted by Gasteiger charge is -2.21. The van der Waals surface area contributed by atoms with Crippen LogP contribution in [0.4, 0.5) is 4.79 Å². The number of rotatable bonds is 4. The Hall–Kier alpha value is -1.83. The van der Waals surface area contributed by atoms with Gasteiger partial charge in [0.2, 0.25) is 5.91 Å². The van der Waals surface area contributed by atoms with Gasteiger partial charge in [-0.3, -0.25) is 14.8 Å². The number of carbonyl (C=O) groups is 3. The molecule has 0 bridgehead atoms. The van der Waals surface area contributed by atoms with Crippen molar-refractivity contribution in [1.29, 1.82) is 0 Å². The Morgan fingerprint density at radius 1 is 1.28 bits per heavy atom. The van der Waals surface area contributed by atoms with Gasteiger partial charge in [0, 0.05) is 0 Å². The zero-order valence-corrected chi connectivity index (χ0v) is 10.9. The Morgan fingerprint density at radius 2 is 1.83 bits per heavy atom. The number of ether oxygens (including phenoxy) is 1. The highest BCUT2D eigenvalue weighted by atomic mass is 16.6. The molecule has 1 atom stereocenters. The molecular formula is C10H19N3O5. The van der Waals surface area contributed by atoms with Crippen LogP contribution in [0.1, 0.15) is 27.7 Å². The number of carbonyl (C=O) groups excluding carboxylic acids is 3. The lowest BCUT2D eigenvalue weighted by Crippen LogP contribution is -2.48. The SMILES string of the molecule is C[C@H](NC(=O)OC(C)(C)C)C(=O)NCC(=O)NO. The van der Waals surface area contributed by atoms with Gasteiger partial charge in [-0.25, -0.2) is 10.3 Å². The van der Waals surface area contributed by atoms with Crippen LogP contribution in [0.15, 0.2) is 0 Å². The average molecular weight is 261 g/mol. The van der Waals surface area contributed by atoms with Crippen molar-refractivity contribution < 1.29 is 24.3 Å². The Balaban J connectivity index is 4.08. The molecule has 0 aromatic heterocycles. The lowest BCUT2D eigenvalue weighted by atomic mass is 10.2. The Bertz CT molecular complexity index is 324. The number of nitrogens with one attached hydrogen (secondary N) is 3. The quantitative estimate of drug-likeness (QED) is 0.403. The van der Waals surface area contributed by atoms with Crippen LogP contribution < -0.4 is 16.1 Å². The molecule has 0 aliphatic rings. The zero-order chi connectivity index (χ0) is 14.3. The molecule has 0 fully saturated rings. The molecule has 18 heavy (non-hydrogen) atoms. The maximum Gasteiger partial charge on any atom is 0.408 e. The van der Waals surface area contributed by atoms with E-state index in [9.17, 15) is 14.4 Å². The monoisotopic (exact) mass is 261 g/mol. The standard InChI is InChI=1S/C10H19N3O5/c1-6(8(15)11-5-7(14)13-17)12-9(16)18-10(2,3)4/h6,17H,5H2,1-4H3,(H,11,15)(H,12,16)(H,13,14)/t6-/m0/s1. The van der Waals surface area contributed by atoms with Crippen molar-refractivity contribution in [1.82, 2.24) is 16.1 Å². The van der Waals surface area contributed by atoms with E-state index in [1.807, 2.05) is 0 Å². The van der Waals surface area contributed by atoms with Gasteiger partial charge in [-0.05, 0) is 27.7 Å². The predicted octanol–water partition coefficient (Wildman–Crippen LogP) is -0.479. The molecule has 0 saturated heterocycles. The van der Waals surface area contributed by atoms with Gasteiger partial charge in [-0.15, -0.1) is 0 Å². The minimum Gasteiger partial charge on any atom is -0.444 e. The van der Waals surface area contributed by atoms with Crippen LogP contribution in [0.2, 0.25) is 0 Å².